The molecule has 0 aliphatic carbocycles. The Labute approximate surface area is 156 Å². The Morgan fingerprint density at radius 2 is 1.76 bits per heavy atom. The number of methoxy groups -OCH3 is 1. The minimum atomic E-state index is -3.84. The van der Waals surface area contributed by atoms with Crippen LogP contribution < -0.4 is 15.2 Å². The first-order valence-corrected chi connectivity index (χ1v) is 9.43. The standard InChI is InChI=1S/C18H24N2O3S.ClH/c1-4-16(20-13(2)14-8-6-5-7-9-14)15-10-11-17(23-3)18(12-15)24(19,21)22;/h5-13,16,20H,4H2,1-3H3,(H2,19,21,22);1H/t13-,16?;/m1./s1. The zero-order valence-electron chi connectivity index (χ0n) is 14.6. The summed E-state index contributed by atoms with van der Waals surface area (Å²) in [5, 5.41) is 8.85. The molecule has 7 heteroatoms. The van der Waals surface area contributed by atoms with Gasteiger partial charge >= 0.3 is 0 Å². The second-order valence-corrected chi connectivity index (χ2v) is 7.25. The van der Waals surface area contributed by atoms with Gasteiger partial charge in [0.2, 0.25) is 10.0 Å². The molecule has 3 N–H and O–H groups in total. The molecule has 25 heavy (non-hydrogen) atoms. The molecule has 138 valence electrons. The van der Waals surface area contributed by atoms with Crippen molar-refractivity contribution in [1.82, 2.24) is 5.32 Å². The average Bonchev–Trinajstić information content (AvgIpc) is 2.59. The van der Waals surface area contributed by atoms with E-state index in [-0.39, 0.29) is 35.1 Å². The molecular formula is C18H25ClN2O3S. The maximum atomic E-state index is 11.8. The molecule has 0 amide bonds. The van der Waals surface area contributed by atoms with Gasteiger partial charge in [0.05, 0.1) is 7.11 Å². The van der Waals surface area contributed by atoms with Crippen molar-refractivity contribution >= 4 is 22.4 Å². The Balaban J connectivity index is 0.00000312. The molecule has 1 unspecified atom stereocenters. The fourth-order valence-electron chi connectivity index (χ4n) is 2.72. The van der Waals surface area contributed by atoms with Crippen molar-refractivity contribution in [3.05, 3.63) is 59.7 Å². The second-order valence-electron chi connectivity index (χ2n) is 5.72. The summed E-state index contributed by atoms with van der Waals surface area (Å²) in [5.74, 6) is 0.257. The summed E-state index contributed by atoms with van der Waals surface area (Å²) >= 11 is 0. The number of halogens is 1. The van der Waals surface area contributed by atoms with Gasteiger partial charge in [-0.1, -0.05) is 43.3 Å². The highest BCUT2D eigenvalue weighted by atomic mass is 35.5. The first-order chi connectivity index (χ1) is 11.4. The number of ether oxygens (including phenoxy) is 1. The molecule has 2 aromatic rings. The van der Waals surface area contributed by atoms with Crippen molar-refractivity contribution in [2.45, 2.75) is 37.2 Å². The lowest BCUT2D eigenvalue weighted by atomic mass is 10.0. The molecule has 0 aliphatic rings. The zero-order valence-corrected chi connectivity index (χ0v) is 16.2. The molecular weight excluding hydrogens is 360 g/mol. The summed E-state index contributed by atoms with van der Waals surface area (Å²) in [5.41, 5.74) is 2.04. The van der Waals surface area contributed by atoms with Crippen LogP contribution in [-0.4, -0.2) is 15.5 Å². The molecule has 0 heterocycles. The molecule has 2 rings (SSSR count). The van der Waals surface area contributed by atoms with Gasteiger partial charge in [-0.25, -0.2) is 13.6 Å². The number of primary sulfonamides is 1. The van der Waals surface area contributed by atoms with Crippen LogP contribution in [0.15, 0.2) is 53.4 Å². The van der Waals surface area contributed by atoms with E-state index in [0.29, 0.717) is 0 Å². The van der Waals surface area contributed by atoms with Crippen LogP contribution in [0.1, 0.15) is 43.5 Å². The van der Waals surface area contributed by atoms with Gasteiger partial charge in [-0.2, -0.15) is 0 Å². The zero-order chi connectivity index (χ0) is 17.7. The first kappa shape index (κ1) is 21.4. The third-order valence-electron chi connectivity index (χ3n) is 4.06. The van der Waals surface area contributed by atoms with Crippen LogP contribution in [0.25, 0.3) is 0 Å². The fourth-order valence-corrected chi connectivity index (χ4v) is 3.45. The number of sulfonamides is 1. The molecule has 5 nitrogen and oxygen atoms in total. The summed E-state index contributed by atoms with van der Waals surface area (Å²) in [6.45, 7) is 4.14. The molecule has 2 aromatic carbocycles. The van der Waals surface area contributed by atoms with Crippen molar-refractivity contribution in [2.24, 2.45) is 5.14 Å². The monoisotopic (exact) mass is 384 g/mol. The highest BCUT2D eigenvalue weighted by Gasteiger charge is 2.20. The Bertz CT molecular complexity index is 782. The minimum Gasteiger partial charge on any atom is -0.495 e. The molecule has 2 atom stereocenters. The molecule has 0 saturated heterocycles. The van der Waals surface area contributed by atoms with Crippen LogP contribution in [-0.2, 0) is 10.0 Å². The van der Waals surface area contributed by atoms with Crippen molar-refractivity contribution in [2.75, 3.05) is 7.11 Å². The van der Waals surface area contributed by atoms with Crippen LogP contribution >= 0.6 is 12.4 Å². The fraction of sp³-hybridized carbons (Fsp3) is 0.333. The lowest BCUT2D eigenvalue weighted by molar-refractivity contribution is 0.401. The summed E-state index contributed by atoms with van der Waals surface area (Å²) in [7, 11) is -2.42. The van der Waals surface area contributed by atoms with Gasteiger partial charge in [0.25, 0.3) is 0 Å². The van der Waals surface area contributed by atoms with E-state index in [9.17, 15) is 8.42 Å². The normalized spacial score (nSPS) is 13.6. The van der Waals surface area contributed by atoms with Crippen LogP contribution in [0.4, 0.5) is 0 Å². The van der Waals surface area contributed by atoms with Gasteiger partial charge < -0.3 is 10.1 Å². The summed E-state index contributed by atoms with van der Waals surface area (Å²) in [4.78, 5) is 0.00936. The maximum absolute atomic E-state index is 11.8. The summed E-state index contributed by atoms with van der Waals surface area (Å²) < 4.78 is 28.7. The summed E-state index contributed by atoms with van der Waals surface area (Å²) in [6, 6.07) is 15.4. The van der Waals surface area contributed by atoms with E-state index >= 15 is 0 Å². The number of hydrogen-bond donors (Lipinski definition) is 2. The lowest BCUT2D eigenvalue weighted by Crippen LogP contribution is -2.24. The van der Waals surface area contributed by atoms with E-state index in [4.69, 9.17) is 9.88 Å². The van der Waals surface area contributed by atoms with E-state index in [1.165, 1.54) is 12.7 Å². The van der Waals surface area contributed by atoms with E-state index in [1.807, 2.05) is 24.3 Å². The quantitative estimate of drug-likeness (QED) is 0.764. The highest BCUT2D eigenvalue weighted by Crippen LogP contribution is 2.29. The van der Waals surface area contributed by atoms with Crippen LogP contribution in [0, 0.1) is 0 Å². The first-order valence-electron chi connectivity index (χ1n) is 7.88. The Hall–Kier alpha value is -1.60. The largest absolute Gasteiger partial charge is 0.495 e. The smallest absolute Gasteiger partial charge is 0.241 e. The number of nitrogens with two attached hydrogens (primary N) is 1. The lowest BCUT2D eigenvalue weighted by Gasteiger charge is -2.24. The number of benzene rings is 2. The van der Waals surface area contributed by atoms with E-state index in [1.54, 1.807) is 12.1 Å². The van der Waals surface area contributed by atoms with E-state index < -0.39 is 10.0 Å². The Kier molecular flexibility index (Phi) is 7.89. The predicted octanol–water partition coefficient (Wildman–Crippen LogP) is 3.57. The third-order valence-corrected chi connectivity index (χ3v) is 4.99. The van der Waals surface area contributed by atoms with E-state index in [0.717, 1.165) is 12.0 Å². The second kappa shape index (κ2) is 9.20. The van der Waals surface area contributed by atoms with Gasteiger partial charge in [0.15, 0.2) is 0 Å². The molecule has 0 radical (unpaired) electrons. The third kappa shape index (κ3) is 5.44. The Morgan fingerprint density at radius 1 is 1.12 bits per heavy atom. The molecule has 0 fully saturated rings. The van der Waals surface area contributed by atoms with E-state index in [2.05, 4.69) is 31.3 Å². The van der Waals surface area contributed by atoms with Crippen molar-refractivity contribution in [3.8, 4) is 5.75 Å². The highest BCUT2D eigenvalue weighted by molar-refractivity contribution is 7.89. The van der Waals surface area contributed by atoms with Crippen molar-refractivity contribution < 1.29 is 13.2 Å². The van der Waals surface area contributed by atoms with Crippen LogP contribution in [0.3, 0.4) is 0 Å². The predicted molar refractivity (Wildman–Crippen MR) is 103 cm³/mol. The molecule has 0 spiro atoms. The number of rotatable bonds is 7. The maximum Gasteiger partial charge on any atom is 0.241 e. The van der Waals surface area contributed by atoms with Gasteiger partial charge in [0, 0.05) is 12.1 Å². The van der Waals surface area contributed by atoms with Crippen LogP contribution in [0.2, 0.25) is 0 Å². The Morgan fingerprint density at radius 3 is 2.28 bits per heavy atom. The van der Waals surface area contributed by atoms with Gasteiger partial charge in [-0.15, -0.1) is 12.4 Å². The van der Waals surface area contributed by atoms with Gasteiger partial charge in [-0.3, -0.25) is 0 Å². The molecule has 0 bridgehead atoms. The molecule has 0 aliphatic heterocycles. The topological polar surface area (TPSA) is 81.4 Å². The van der Waals surface area contributed by atoms with Crippen molar-refractivity contribution in [3.63, 3.8) is 0 Å². The number of nitrogens with one attached hydrogen (secondary N) is 1. The summed E-state index contributed by atoms with van der Waals surface area (Å²) in [6.07, 6.45) is 0.813. The van der Waals surface area contributed by atoms with Gasteiger partial charge in [0.1, 0.15) is 10.6 Å². The molecule has 0 saturated carbocycles. The van der Waals surface area contributed by atoms with Gasteiger partial charge in [-0.05, 0) is 36.6 Å². The minimum absolute atomic E-state index is 0. The van der Waals surface area contributed by atoms with Crippen molar-refractivity contribution in [1.29, 1.82) is 0 Å². The number of hydrogen-bond acceptors (Lipinski definition) is 4. The average molecular weight is 385 g/mol. The molecule has 0 aromatic heterocycles. The SMILES string of the molecule is CCC(N[C@H](C)c1ccccc1)c1ccc(OC)c(S(N)(=O)=O)c1.Cl. The van der Waals surface area contributed by atoms with Crippen LogP contribution in [0.5, 0.6) is 5.75 Å².